The summed E-state index contributed by atoms with van der Waals surface area (Å²) < 4.78 is 0. The SMILES string of the molecule is CNc1nc(C)cc(N[C@@H]2CC(C)(C)Cc3nc(N4CCC(O)CC4)ncc32)n1. The molecule has 3 heterocycles. The van der Waals surface area contributed by atoms with E-state index in [0.717, 1.165) is 67.5 Å². The molecule has 2 aromatic rings. The summed E-state index contributed by atoms with van der Waals surface area (Å²) in [7, 11) is 1.83. The molecule has 1 atom stereocenters. The largest absolute Gasteiger partial charge is 0.393 e. The van der Waals surface area contributed by atoms with Gasteiger partial charge >= 0.3 is 0 Å². The molecule has 0 amide bonds. The number of rotatable bonds is 4. The van der Waals surface area contributed by atoms with Crippen molar-refractivity contribution >= 4 is 17.7 Å². The first-order chi connectivity index (χ1) is 13.8. The maximum atomic E-state index is 9.78. The molecule has 4 rings (SSSR count). The number of aryl methyl sites for hydroxylation is 1. The van der Waals surface area contributed by atoms with Gasteiger partial charge in [0, 0.05) is 43.7 Å². The van der Waals surface area contributed by atoms with Gasteiger partial charge in [0.05, 0.1) is 17.8 Å². The van der Waals surface area contributed by atoms with E-state index in [0.29, 0.717) is 5.95 Å². The lowest BCUT2D eigenvalue weighted by Gasteiger charge is -2.37. The second-order valence-corrected chi connectivity index (χ2v) is 9.00. The number of nitrogens with one attached hydrogen (secondary N) is 2. The van der Waals surface area contributed by atoms with Crippen molar-refractivity contribution in [2.45, 2.75) is 58.6 Å². The molecule has 1 aliphatic heterocycles. The Kier molecular flexibility index (Phi) is 5.29. The van der Waals surface area contributed by atoms with Crippen molar-refractivity contribution < 1.29 is 5.11 Å². The molecule has 2 aliphatic rings. The standard InChI is InChI=1S/C21H31N7O/c1-13-9-18(27-19(22-4)24-13)25-16-10-21(2,3)11-17-15(16)12-23-20(26-17)28-7-5-14(29)6-8-28/h9,12,14,16,29H,5-8,10-11H2,1-4H3,(H2,22,24,25,27)/t16-/m1/s1. The molecule has 156 valence electrons. The zero-order chi connectivity index (χ0) is 20.6. The molecule has 3 N–H and O–H groups in total. The van der Waals surface area contributed by atoms with E-state index < -0.39 is 0 Å². The van der Waals surface area contributed by atoms with Gasteiger partial charge in [-0.1, -0.05) is 13.8 Å². The van der Waals surface area contributed by atoms with Crippen molar-refractivity contribution in [3.63, 3.8) is 0 Å². The Hall–Kier alpha value is -2.48. The second kappa shape index (κ2) is 7.74. The molecule has 0 saturated carbocycles. The first-order valence-electron chi connectivity index (χ1n) is 10.4. The zero-order valence-electron chi connectivity index (χ0n) is 17.7. The van der Waals surface area contributed by atoms with E-state index in [9.17, 15) is 5.11 Å². The smallest absolute Gasteiger partial charge is 0.225 e. The van der Waals surface area contributed by atoms with Crippen LogP contribution < -0.4 is 15.5 Å². The van der Waals surface area contributed by atoms with Crippen molar-refractivity contribution in [3.05, 3.63) is 29.2 Å². The number of aliphatic hydroxyl groups is 1. The molecular formula is C21H31N7O. The Morgan fingerprint density at radius 3 is 2.66 bits per heavy atom. The quantitative estimate of drug-likeness (QED) is 0.724. The van der Waals surface area contributed by atoms with Crippen LogP contribution in [0.4, 0.5) is 17.7 Å². The monoisotopic (exact) mass is 397 g/mol. The molecular weight excluding hydrogens is 366 g/mol. The normalized spacial score (nSPS) is 21.6. The number of hydrogen-bond donors (Lipinski definition) is 3. The van der Waals surface area contributed by atoms with Crippen molar-refractivity contribution in [1.29, 1.82) is 0 Å². The van der Waals surface area contributed by atoms with Gasteiger partial charge in [-0.15, -0.1) is 0 Å². The summed E-state index contributed by atoms with van der Waals surface area (Å²) in [5.74, 6) is 2.20. The van der Waals surface area contributed by atoms with Crippen LogP contribution in [0.2, 0.25) is 0 Å². The molecule has 1 saturated heterocycles. The zero-order valence-corrected chi connectivity index (χ0v) is 17.7. The first kappa shape index (κ1) is 19.8. The maximum Gasteiger partial charge on any atom is 0.225 e. The van der Waals surface area contributed by atoms with Gasteiger partial charge < -0.3 is 20.6 Å². The Bertz CT molecular complexity index is 877. The van der Waals surface area contributed by atoms with Gasteiger partial charge in [0.25, 0.3) is 0 Å². The van der Waals surface area contributed by atoms with Crippen molar-refractivity contribution in [2.24, 2.45) is 5.41 Å². The second-order valence-electron chi connectivity index (χ2n) is 9.00. The number of aromatic nitrogens is 4. The minimum atomic E-state index is -0.199. The molecule has 2 aromatic heterocycles. The molecule has 8 heteroatoms. The van der Waals surface area contributed by atoms with E-state index in [2.05, 4.69) is 44.3 Å². The van der Waals surface area contributed by atoms with Gasteiger partial charge in [-0.2, -0.15) is 4.98 Å². The summed E-state index contributed by atoms with van der Waals surface area (Å²) in [4.78, 5) is 20.7. The van der Waals surface area contributed by atoms with E-state index in [4.69, 9.17) is 4.98 Å². The molecule has 0 unspecified atom stereocenters. The van der Waals surface area contributed by atoms with Crippen LogP contribution in [-0.2, 0) is 6.42 Å². The van der Waals surface area contributed by atoms with Crippen LogP contribution >= 0.6 is 0 Å². The predicted molar refractivity (Wildman–Crippen MR) is 114 cm³/mol. The fourth-order valence-electron chi connectivity index (χ4n) is 4.32. The summed E-state index contributed by atoms with van der Waals surface area (Å²) in [5.41, 5.74) is 3.30. The third-order valence-corrected chi connectivity index (χ3v) is 5.81. The highest BCUT2D eigenvalue weighted by Gasteiger charge is 2.34. The third kappa shape index (κ3) is 4.42. The molecule has 0 spiro atoms. The van der Waals surface area contributed by atoms with Crippen LogP contribution in [0.1, 0.15) is 56.1 Å². The van der Waals surface area contributed by atoms with Crippen LogP contribution in [0.3, 0.4) is 0 Å². The van der Waals surface area contributed by atoms with Crippen molar-refractivity contribution in [2.75, 3.05) is 35.7 Å². The maximum absolute atomic E-state index is 9.78. The van der Waals surface area contributed by atoms with E-state index >= 15 is 0 Å². The van der Waals surface area contributed by atoms with E-state index in [1.165, 1.54) is 0 Å². The Morgan fingerprint density at radius 2 is 1.93 bits per heavy atom. The molecule has 0 bridgehead atoms. The van der Waals surface area contributed by atoms with Crippen LogP contribution in [0.25, 0.3) is 0 Å². The van der Waals surface area contributed by atoms with Gasteiger partial charge in [0.1, 0.15) is 5.82 Å². The highest BCUT2D eigenvalue weighted by atomic mass is 16.3. The topological polar surface area (TPSA) is 99.1 Å². The molecule has 1 fully saturated rings. The van der Waals surface area contributed by atoms with Crippen LogP contribution in [0.5, 0.6) is 0 Å². The van der Waals surface area contributed by atoms with Crippen LogP contribution in [-0.4, -0.2) is 51.3 Å². The molecule has 29 heavy (non-hydrogen) atoms. The molecule has 0 radical (unpaired) electrons. The number of hydrogen-bond acceptors (Lipinski definition) is 8. The Labute approximate surface area is 172 Å². The van der Waals surface area contributed by atoms with Gasteiger partial charge in [-0.05, 0) is 38.0 Å². The predicted octanol–water partition coefficient (Wildman–Crippen LogP) is 2.70. The number of aliphatic hydroxyl groups excluding tert-OH is 1. The minimum absolute atomic E-state index is 0.102. The summed E-state index contributed by atoms with van der Waals surface area (Å²) in [6.45, 7) is 8.15. The van der Waals surface area contributed by atoms with Gasteiger partial charge in [-0.3, -0.25) is 0 Å². The van der Waals surface area contributed by atoms with Crippen LogP contribution in [0, 0.1) is 12.3 Å². The fraction of sp³-hybridized carbons (Fsp3) is 0.619. The number of fused-ring (bicyclic) bond motifs is 1. The van der Waals surface area contributed by atoms with Crippen LogP contribution in [0.15, 0.2) is 12.3 Å². The minimum Gasteiger partial charge on any atom is -0.393 e. The number of nitrogens with zero attached hydrogens (tertiary/aromatic N) is 5. The summed E-state index contributed by atoms with van der Waals surface area (Å²) in [6.07, 6.45) is 5.24. The van der Waals surface area contributed by atoms with E-state index in [1.807, 2.05) is 26.2 Å². The summed E-state index contributed by atoms with van der Waals surface area (Å²) in [6, 6.07) is 2.07. The van der Waals surface area contributed by atoms with Gasteiger partial charge in [0.2, 0.25) is 11.9 Å². The highest BCUT2D eigenvalue weighted by Crippen LogP contribution is 2.41. The lowest BCUT2D eigenvalue weighted by molar-refractivity contribution is 0.145. The average Bonchev–Trinajstić information content (AvgIpc) is 2.66. The van der Waals surface area contributed by atoms with E-state index in [1.54, 1.807) is 0 Å². The van der Waals surface area contributed by atoms with Gasteiger partial charge in [-0.25, -0.2) is 15.0 Å². The lowest BCUT2D eigenvalue weighted by Crippen LogP contribution is -2.38. The number of piperidine rings is 1. The summed E-state index contributed by atoms with van der Waals surface area (Å²) in [5, 5.41) is 16.4. The molecule has 1 aliphatic carbocycles. The first-order valence-corrected chi connectivity index (χ1v) is 10.4. The lowest BCUT2D eigenvalue weighted by atomic mass is 9.74. The average molecular weight is 398 g/mol. The van der Waals surface area contributed by atoms with Crippen molar-refractivity contribution in [1.82, 2.24) is 19.9 Å². The Morgan fingerprint density at radius 1 is 1.17 bits per heavy atom. The molecule has 8 nitrogen and oxygen atoms in total. The van der Waals surface area contributed by atoms with Gasteiger partial charge in [0.15, 0.2) is 0 Å². The molecule has 0 aromatic carbocycles. The number of anilines is 3. The fourth-order valence-corrected chi connectivity index (χ4v) is 4.32. The highest BCUT2D eigenvalue weighted by molar-refractivity contribution is 5.46. The Balaban J connectivity index is 1.61. The third-order valence-electron chi connectivity index (χ3n) is 5.81. The summed E-state index contributed by atoms with van der Waals surface area (Å²) >= 11 is 0. The van der Waals surface area contributed by atoms with Crippen molar-refractivity contribution in [3.8, 4) is 0 Å². The van der Waals surface area contributed by atoms with E-state index in [-0.39, 0.29) is 17.6 Å².